The third-order valence-corrected chi connectivity index (χ3v) is 4.33. The number of allylic oxidation sites excluding steroid dienone is 3. The van der Waals surface area contributed by atoms with E-state index in [1.165, 1.54) is 18.2 Å². The van der Waals surface area contributed by atoms with Crippen LogP contribution in [0, 0.1) is 0 Å². The molecule has 3 aliphatic rings. The molecule has 3 heteroatoms. The van der Waals surface area contributed by atoms with E-state index in [9.17, 15) is 4.79 Å². The zero-order valence-electron chi connectivity index (χ0n) is 9.31. The fourth-order valence-electron chi connectivity index (χ4n) is 2.63. The minimum Gasteiger partial charge on any atom is -0.466 e. The number of carbonyl (C=O) groups excluding carboxylic acids is 1. The van der Waals surface area contributed by atoms with Gasteiger partial charge in [-0.15, -0.1) is 0 Å². The van der Waals surface area contributed by atoms with Gasteiger partial charge >= 0.3 is 5.97 Å². The van der Waals surface area contributed by atoms with Gasteiger partial charge in [-0.1, -0.05) is 52.3 Å². The summed E-state index contributed by atoms with van der Waals surface area (Å²) in [4.78, 5) is 11.8. The highest BCUT2D eigenvalue weighted by molar-refractivity contribution is 9.11. The van der Waals surface area contributed by atoms with E-state index >= 15 is 0 Å². The molecule has 0 aromatic heterocycles. The topological polar surface area (TPSA) is 26.3 Å². The predicted molar refractivity (Wildman–Crippen MR) is 69.0 cm³/mol. The molecule has 3 aliphatic carbocycles. The molecule has 0 radical (unpaired) electrons. The van der Waals surface area contributed by atoms with Gasteiger partial charge in [0.1, 0.15) is 0 Å². The van der Waals surface area contributed by atoms with E-state index in [0.29, 0.717) is 0 Å². The molecule has 1 aromatic rings. The molecule has 0 saturated heterocycles. The maximum absolute atomic E-state index is 11.8. The van der Waals surface area contributed by atoms with Gasteiger partial charge in [0, 0.05) is 16.3 Å². The molecule has 0 fully saturated rings. The first-order valence-corrected chi connectivity index (χ1v) is 6.28. The third-order valence-electron chi connectivity index (χ3n) is 3.41. The van der Waals surface area contributed by atoms with Gasteiger partial charge in [0.15, 0.2) is 0 Å². The number of carbonyl (C=O) groups is 1. The average Bonchev–Trinajstić information content (AvgIpc) is 2.39. The molecule has 4 rings (SSSR count). The summed E-state index contributed by atoms with van der Waals surface area (Å²) in [7, 11) is 1.42. The lowest BCUT2D eigenvalue weighted by Crippen LogP contribution is -2.24. The van der Waals surface area contributed by atoms with Gasteiger partial charge in [-0.25, -0.2) is 4.79 Å². The van der Waals surface area contributed by atoms with Crippen LogP contribution in [-0.4, -0.2) is 13.1 Å². The third kappa shape index (κ3) is 1.42. The maximum Gasteiger partial charge on any atom is 0.335 e. The van der Waals surface area contributed by atoms with E-state index in [2.05, 4.69) is 40.2 Å². The monoisotopic (exact) mass is 290 g/mol. The van der Waals surface area contributed by atoms with Crippen molar-refractivity contribution in [3.8, 4) is 0 Å². The zero-order valence-corrected chi connectivity index (χ0v) is 10.9. The lowest BCUT2D eigenvalue weighted by atomic mass is 9.72. The molecule has 2 bridgehead atoms. The van der Waals surface area contributed by atoms with Crippen LogP contribution in [0.25, 0.3) is 0 Å². The van der Waals surface area contributed by atoms with Crippen molar-refractivity contribution in [3.05, 3.63) is 57.6 Å². The second-order valence-electron chi connectivity index (χ2n) is 4.22. The number of ether oxygens (including phenoxy) is 1. The average molecular weight is 291 g/mol. The first-order chi connectivity index (χ1) is 8.24. The van der Waals surface area contributed by atoms with Crippen LogP contribution >= 0.6 is 15.9 Å². The summed E-state index contributed by atoms with van der Waals surface area (Å²) in [6.45, 7) is 0. The van der Waals surface area contributed by atoms with Crippen LogP contribution in [0.3, 0.4) is 0 Å². The van der Waals surface area contributed by atoms with Crippen molar-refractivity contribution in [3.63, 3.8) is 0 Å². The highest BCUT2D eigenvalue weighted by atomic mass is 79.9. The largest absolute Gasteiger partial charge is 0.466 e. The first-order valence-electron chi connectivity index (χ1n) is 5.49. The van der Waals surface area contributed by atoms with E-state index in [-0.39, 0.29) is 17.8 Å². The van der Waals surface area contributed by atoms with Crippen molar-refractivity contribution < 1.29 is 9.53 Å². The number of benzene rings is 1. The van der Waals surface area contributed by atoms with E-state index in [1.54, 1.807) is 0 Å². The van der Waals surface area contributed by atoms with Gasteiger partial charge in [0.25, 0.3) is 0 Å². The Morgan fingerprint density at radius 2 is 1.76 bits per heavy atom. The molecule has 0 spiro atoms. The van der Waals surface area contributed by atoms with Crippen LogP contribution in [0.1, 0.15) is 23.0 Å². The molecule has 0 heterocycles. The molecule has 2 nitrogen and oxygen atoms in total. The summed E-state index contributed by atoms with van der Waals surface area (Å²) < 4.78 is 5.81. The van der Waals surface area contributed by atoms with E-state index in [4.69, 9.17) is 4.74 Å². The Hall–Kier alpha value is -1.35. The van der Waals surface area contributed by atoms with Gasteiger partial charge in [0.2, 0.25) is 0 Å². The van der Waals surface area contributed by atoms with E-state index in [1.807, 2.05) is 12.1 Å². The Morgan fingerprint density at radius 3 is 2.41 bits per heavy atom. The first kappa shape index (κ1) is 10.8. The van der Waals surface area contributed by atoms with Crippen LogP contribution in [0.2, 0.25) is 0 Å². The Bertz CT molecular complexity index is 557. The van der Waals surface area contributed by atoms with Crippen LogP contribution in [0.4, 0.5) is 0 Å². The normalized spacial score (nSPS) is 24.8. The van der Waals surface area contributed by atoms with Crippen molar-refractivity contribution in [2.24, 2.45) is 0 Å². The van der Waals surface area contributed by atoms with Gasteiger partial charge in [-0.05, 0) is 11.1 Å². The van der Waals surface area contributed by atoms with Gasteiger partial charge in [-0.3, -0.25) is 0 Å². The van der Waals surface area contributed by atoms with Crippen LogP contribution in [-0.2, 0) is 9.53 Å². The molecule has 0 N–H and O–H groups in total. The SMILES string of the molecule is COC(=O)C1=C(Br)[C@@H]2C=C[C@H]1c1ccccc12. The number of halogens is 1. The Morgan fingerprint density at radius 1 is 1.18 bits per heavy atom. The molecule has 2 atom stereocenters. The Balaban J connectivity index is 2.18. The molecule has 0 aliphatic heterocycles. The molecule has 86 valence electrons. The summed E-state index contributed by atoms with van der Waals surface area (Å²) in [5.41, 5.74) is 3.22. The predicted octanol–water partition coefficient (Wildman–Crippen LogP) is 3.26. The lowest BCUT2D eigenvalue weighted by Gasteiger charge is -2.34. The maximum atomic E-state index is 11.8. The minimum absolute atomic E-state index is 0.0259. The highest BCUT2D eigenvalue weighted by Gasteiger charge is 2.38. The second-order valence-corrected chi connectivity index (χ2v) is 5.08. The van der Waals surface area contributed by atoms with Crippen molar-refractivity contribution >= 4 is 21.9 Å². The zero-order chi connectivity index (χ0) is 12.0. The van der Waals surface area contributed by atoms with E-state index < -0.39 is 0 Å². The Labute approximate surface area is 108 Å². The molecule has 1 aromatic carbocycles. The fraction of sp³-hybridized carbons (Fsp3) is 0.214. The Kier molecular flexibility index (Phi) is 2.44. The number of hydrogen-bond acceptors (Lipinski definition) is 2. The fourth-order valence-corrected chi connectivity index (χ4v) is 3.44. The van der Waals surface area contributed by atoms with Gasteiger partial charge in [0.05, 0.1) is 12.7 Å². The summed E-state index contributed by atoms with van der Waals surface area (Å²) >= 11 is 3.55. The highest BCUT2D eigenvalue weighted by Crippen LogP contribution is 2.50. The molecule has 17 heavy (non-hydrogen) atoms. The van der Waals surface area contributed by atoms with Gasteiger partial charge in [-0.2, -0.15) is 0 Å². The van der Waals surface area contributed by atoms with Crippen molar-refractivity contribution in [2.75, 3.05) is 7.11 Å². The number of esters is 1. The standard InChI is InChI=1S/C14H11BrO2/c1-17-14(16)12-10-6-7-11(13(12)15)9-5-3-2-4-8(9)10/h2-7,10-11H,1H3/t10-,11+/m0/s1. The number of methoxy groups -OCH3 is 1. The van der Waals surface area contributed by atoms with Crippen molar-refractivity contribution in [2.45, 2.75) is 11.8 Å². The van der Waals surface area contributed by atoms with Crippen LogP contribution in [0.15, 0.2) is 46.5 Å². The summed E-state index contributed by atoms with van der Waals surface area (Å²) in [6, 6.07) is 8.24. The van der Waals surface area contributed by atoms with Gasteiger partial charge < -0.3 is 4.74 Å². The quantitative estimate of drug-likeness (QED) is 0.586. The number of hydrogen-bond donors (Lipinski definition) is 0. The molecular formula is C14H11BrO2. The number of rotatable bonds is 1. The van der Waals surface area contributed by atoms with Crippen LogP contribution in [0.5, 0.6) is 0 Å². The van der Waals surface area contributed by atoms with Crippen LogP contribution < -0.4 is 0 Å². The molecule has 0 saturated carbocycles. The van der Waals surface area contributed by atoms with Crippen molar-refractivity contribution in [1.29, 1.82) is 0 Å². The molecular weight excluding hydrogens is 280 g/mol. The van der Waals surface area contributed by atoms with Crippen molar-refractivity contribution in [1.82, 2.24) is 0 Å². The molecule has 0 amide bonds. The molecule has 0 unspecified atom stereocenters. The smallest absolute Gasteiger partial charge is 0.335 e. The summed E-state index contributed by atoms with van der Waals surface area (Å²) in [5, 5.41) is 0. The van der Waals surface area contributed by atoms with E-state index in [0.717, 1.165) is 10.1 Å². The summed E-state index contributed by atoms with van der Waals surface area (Å²) in [5.74, 6) is -0.0611. The minimum atomic E-state index is -0.245. The second kappa shape index (κ2) is 3.84. The lowest BCUT2D eigenvalue weighted by molar-refractivity contribution is -0.136. The summed E-state index contributed by atoms with van der Waals surface area (Å²) in [6.07, 6.45) is 4.23.